The second kappa shape index (κ2) is 6.64. The smallest absolute Gasteiger partial charge is 0.117 e. The molecule has 0 amide bonds. The predicted octanol–water partition coefficient (Wildman–Crippen LogP) is 1.99. The molecule has 15 heavy (non-hydrogen) atoms. The van der Waals surface area contributed by atoms with Crippen LogP contribution in [-0.4, -0.2) is 13.1 Å². The summed E-state index contributed by atoms with van der Waals surface area (Å²) >= 11 is 0. The van der Waals surface area contributed by atoms with Gasteiger partial charge in [-0.1, -0.05) is 13.8 Å². The van der Waals surface area contributed by atoms with Crippen molar-refractivity contribution in [3.63, 3.8) is 0 Å². The molecule has 0 radical (unpaired) electrons. The summed E-state index contributed by atoms with van der Waals surface area (Å²) in [5.74, 6) is 2.26. The van der Waals surface area contributed by atoms with E-state index in [2.05, 4.69) is 19.2 Å². The second-order valence-electron chi connectivity index (χ2n) is 4.44. The second-order valence-corrected chi connectivity index (χ2v) is 4.44. The normalized spacial score (nSPS) is 13.3. The Balaban J connectivity index is 2.17. The van der Waals surface area contributed by atoms with Crippen LogP contribution in [0.4, 0.5) is 0 Å². The summed E-state index contributed by atoms with van der Waals surface area (Å²) < 4.78 is 5.24. The van der Waals surface area contributed by atoms with Gasteiger partial charge in [-0.15, -0.1) is 0 Å². The molecule has 1 rings (SSSR count). The van der Waals surface area contributed by atoms with E-state index < -0.39 is 0 Å². The molecule has 0 fully saturated rings. The Bertz CT molecular complexity index is 244. The van der Waals surface area contributed by atoms with E-state index in [4.69, 9.17) is 10.2 Å². The number of hydrogen-bond acceptors (Lipinski definition) is 3. The molecule has 86 valence electrons. The van der Waals surface area contributed by atoms with Crippen LogP contribution < -0.4 is 11.1 Å². The first-order valence-electron chi connectivity index (χ1n) is 5.65. The number of nitrogens with two attached hydrogens (primary N) is 1. The Labute approximate surface area is 92.0 Å². The molecular formula is C12H22N2O. The highest BCUT2D eigenvalue weighted by atomic mass is 16.3. The summed E-state index contributed by atoms with van der Waals surface area (Å²) in [7, 11) is 0. The van der Waals surface area contributed by atoms with Crippen molar-refractivity contribution in [2.24, 2.45) is 17.6 Å². The lowest BCUT2D eigenvalue weighted by Gasteiger charge is -2.17. The van der Waals surface area contributed by atoms with Gasteiger partial charge in [-0.25, -0.2) is 0 Å². The zero-order valence-electron chi connectivity index (χ0n) is 9.70. The molecule has 1 atom stereocenters. The molecule has 0 aliphatic carbocycles. The maximum absolute atomic E-state index is 5.72. The van der Waals surface area contributed by atoms with Crippen LogP contribution in [-0.2, 0) is 6.54 Å². The third-order valence-corrected chi connectivity index (χ3v) is 2.45. The lowest BCUT2D eigenvalue weighted by atomic mass is 9.97. The highest BCUT2D eigenvalue weighted by Gasteiger charge is 2.08. The fourth-order valence-corrected chi connectivity index (χ4v) is 1.74. The molecule has 3 heteroatoms. The molecule has 3 nitrogen and oxygen atoms in total. The van der Waals surface area contributed by atoms with Crippen molar-refractivity contribution in [3.8, 4) is 0 Å². The first kappa shape index (κ1) is 12.3. The van der Waals surface area contributed by atoms with Crippen LogP contribution in [0, 0.1) is 11.8 Å². The minimum absolute atomic E-state index is 0.569. The largest absolute Gasteiger partial charge is 0.468 e. The highest BCUT2D eigenvalue weighted by Crippen LogP contribution is 2.09. The molecule has 0 saturated heterocycles. The number of nitrogens with one attached hydrogen (secondary N) is 1. The maximum Gasteiger partial charge on any atom is 0.117 e. The summed E-state index contributed by atoms with van der Waals surface area (Å²) in [6.07, 6.45) is 2.88. The van der Waals surface area contributed by atoms with Gasteiger partial charge in [0.2, 0.25) is 0 Å². The fraction of sp³-hybridized carbons (Fsp3) is 0.667. The van der Waals surface area contributed by atoms with Gasteiger partial charge in [-0.2, -0.15) is 0 Å². The van der Waals surface area contributed by atoms with Gasteiger partial charge in [0.15, 0.2) is 0 Å². The topological polar surface area (TPSA) is 51.2 Å². The van der Waals surface area contributed by atoms with Gasteiger partial charge < -0.3 is 15.5 Å². The summed E-state index contributed by atoms with van der Waals surface area (Å²) in [5, 5.41) is 3.37. The van der Waals surface area contributed by atoms with Crippen molar-refractivity contribution in [2.75, 3.05) is 13.1 Å². The van der Waals surface area contributed by atoms with E-state index in [9.17, 15) is 0 Å². The van der Waals surface area contributed by atoms with Crippen LogP contribution in [0.2, 0.25) is 0 Å². The molecule has 1 unspecified atom stereocenters. The first-order chi connectivity index (χ1) is 7.22. The minimum Gasteiger partial charge on any atom is -0.468 e. The Morgan fingerprint density at radius 1 is 1.47 bits per heavy atom. The number of hydrogen-bond donors (Lipinski definition) is 2. The van der Waals surface area contributed by atoms with Crippen LogP contribution in [0.3, 0.4) is 0 Å². The van der Waals surface area contributed by atoms with Crippen molar-refractivity contribution in [1.29, 1.82) is 0 Å². The molecular weight excluding hydrogens is 188 g/mol. The average molecular weight is 210 g/mol. The van der Waals surface area contributed by atoms with Gasteiger partial charge in [0.1, 0.15) is 5.76 Å². The standard InChI is InChI=1S/C12H22N2O/c1-10(2)6-11(7-13)8-14-9-12-4-3-5-15-12/h3-5,10-11,14H,6-9,13H2,1-2H3. The molecule has 1 aromatic rings. The highest BCUT2D eigenvalue weighted by molar-refractivity contribution is 4.97. The zero-order valence-corrected chi connectivity index (χ0v) is 9.70. The van der Waals surface area contributed by atoms with E-state index in [1.54, 1.807) is 6.26 Å². The number of furan rings is 1. The Morgan fingerprint density at radius 2 is 2.27 bits per heavy atom. The Hall–Kier alpha value is -0.800. The van der Waals surface area contributed by atoms with E-state index in [1.807, 2.05) is 12.1 Å². The molecule has 0 bridgehead atoms. The van der Waals surface area contributed by atoms with Gasteiger partial charge in [-0.3, -0.25) is 0 Å². The average Bonchev–Trinajstić information content (AvgIpc) is 2.68. The van der Waals surface area contributed by atoms with Crippen LogP contribution in [0.15, 0.2) is 22.8 Å². The Kier molecular flexibility index (Phi) is 5.43. The molecule has 1 aromatic heterocycles. The van der Waals surface area contributed by atoms with Crippen LogP contribution in [0.1, 0.15) is 26.0 Å². The van der Waals surface area contributed by atoms with Gasteiger partial charge in [-0.05, 0) is 43.5 Å². The Morgan fingerprint density at radius 3 is 2.80 bits per heavy atom. The molecule has 0 aliphatic heterocycles. The minimum atomic E-state index is 0.569. The van der Waals surface area contributed by atoms with Crippen molar-refractivity contribution < 1.29 is 4.42 Å². The van der Waals surface area contributed by atoms with E-state index in [1.165, 1.54) is 6.42 Å². The monoisotopic (exact) mass is 210 g/mol. The van der Waals surface area contributed by atoms with Crippen molar-refractivity contribution >= 4 is 0 Å². The molecule has 1 heterocycles. The first-order valence-corrected chi connectivity index (χ1v) is 5.65. The van der Waals surface area contributed by atoms with E-state index in [-0.39, 0.29) is 0 Å². The summed E-state index contributed by atoms with van der Waals surface area (Å²) in [5.41, 5.74) is 5.72. The summed E-state index contributed by atoms with van der Waals surface area (Å²) in [6, 6.07) is 3.89. The van der Waals surface area contributed by atoms with Crippen molar-refractivity contribution in [3.05, 3.63) is 24.2 Å². The third kappa shape index (κ3) is 5.00. The lowest BCUT2D eigenvalue weighted by molar-refractivity contribution is 0.383. The van der Waals surface area contributed by atoms with E-state index in [0.29, 0.717) is 11.8 Å². The lowest BCUT2D eigenvalue weighted by Crippen LogP contribution is -2.28. The van der Waals surface area contributed by atoms with E-state index in [0.717, 1.165) is 25.4 Å². The SMILES string of the molecule is CC(C)CC(CN)CNCc1ccco1. The summed E-state index contributed by atoms with van der Waals surface area (Å²) in [4.78, 5) is 0. The molecule has 0 aliphatic rings. The van der Waals surface area contributed by atoms with E-state index >= 15 is 0 Å². The van der Waals surface area contributed by atoms with Gasteiger partial charge in [0.25, 0.3) is 0 Å². The molecule has 0 spiro atoms. The molecule has 3 N–H and O–H groups in total. The van der Waals surface area contributed by atoms with Gasteiger partial charge in [0.05, 0.1) is 12.8 Å². The van der Waals surface area contributed by atoms with Crippen LogP contribution in [0.5, 0.6) is 0 Å². The van der Waals surface area contributed by atoms with Gasteiger partial charge >= 0.3 is 0 Å². The van der Waals surface area contributed by atoms with Crippen LogP contribution in [0.25, 0.3) is 0 Å². The zero-order chi connectivity index (χ0) is 11.1. The van der Waals surface area contributed by atoms with Crippen molar-refractivity contribution in [1.82, 2.24) is 5.32 Å². The number of rotatable bonds is 7. The predicted molar refractivity (Wildman–Crippen MR) is 62.4 cm³/mol. The fourth-order valence-electron chi connectivity index (χ4n) is 1.74. The van der Waals surface area contributed by atoms with Crippen LogP contribution >= 0.6 is 0 Å². The molecule has 0 saturated carbocycles. The maximum atomic E-state index is 5.72. The molecule has 0 aromatic carbocycles. The quantitative estimate of drug-likeness (QED) is 0.723. The third-order valence-electron chi connectivity index (χ3n) is 2.45. The van der Waals surface area contributed by atoms with Gasteiger partial charge in [0, 0.05) is 0 Å². The summed E-state index contributed by atoms with van der Waals surface area (Å²) in [6.45, 7) is 6.98. The van der Waals surface area contributed by atoms with Crippen molar-refractivity contribution in [2.45, 2.75) is 26.8 Å².